The van der Waals surface area contributed by atoms with Crippen molar-refractivity contribution in [2.24, 2.45) is 0 Å². The number of benzene rings is 1. The van der Waals surface area contributed by atoms with Gasteiger partial charge in [-0.25, -0.2) is 0 Å². The molecular formula is C12H13Br2ClO. The molecule has 1 nitrogen and oxygen atoms in total. The Kier molecular flexibility index (Phi) is 6.01. The molecule has 0 saturated carbocycles. The average molecular weight is 368 g/mol. The van der Waals surface area contributed by atoms with Crippen LogP contribution < -0.4 is 0 Å². The minimum Gasteiger partial charge on any atom is -0.298 e. The van der Waals surface area contributed by atoms with Crippen LogP contribution in [0.15, 0.2) is 22.7 Å². The Morgan fingerprint density at radius 1 is 1.50 bits per heavy atom. The molecular weight excluding hydrogens is 355 g/mol. The predicted molar refractivity (Wildman–Crippen MR) is 75.5 cm³/mol. The van der Waals surface area contributed by atoms with Crippen molar-refractivity contribution in [1.29, 1.82) is 0 Å². The SMILES string of the molecule is CCCC(=O)C(Br)Cc1ccc(Cl)c(Br)c1. The van der Waals surface area contributed by atoms with E-state index in [0.29, 0.717) is 17.9 Å². The second-order valence-electron chi connectivity index (χ2n) is 3.64. The number of carbonyl (C=O) groups is 1. The highest BCUT2D eigenvalue weighted by Gasteiger charge is 2.14. The van der Waals surface area contributed by atoms with Gasteiger partial charge in [0, 0.05) is 10.9 Å². The molecule has 16 heavy (non-hydrogen) atoms. The van der Waals surface area contributed by atoms with Crippen LogP contribution in [0, 0.1) is 0 Å². The maximum absolute atomic E-state index is 11.6. The van der Waals surface area contributed by atoms with E-state index in [-0.39, 0.29) is 10.6 Å². The largest absolute Gasteiger partial charge is 0.298 e. The van der Waals surface area contributed by atoms with E-state index in [1.54, 1.807) is 0 Å². The molecule has 88 valence electrons. The van der Waals surface area contributed by atoms with Crippen LogP contribution in [-0.4, -0.2) is 10.6 Å². The standard InChI is InChI=1S/C12H13Br2ClO/c1-2-3-12(16)10(14)7-8-4-5-11(15)9(13)6-8/h4-6,10H,2-3,7H2,1H3. The first-order chi connectivity index (χ1) is 7.54. The molecule has 1 unspecified atom stereocenters. The summed E-state index contributed by atoms with van der Waals surface area (Å²) in [6, 6.07) is 5.74. The third-order valence-corrected chi connectivity index (χ3v) is 4.29. The van der Waals surface area contributed by atoms with E-state index in [9.17, 15) is 4.79 Å². The summed E-state index contributed by atoms with van der Waals surface area (Å²) in [4.78, 5) is 11.5. The summed E-state index contributed by atoms with van der Waals surface area (Å²) in [5, 5.41) is 0.690. The van der Waals surface area contributed by atoms with Crippen molar-refractivity contribution < 1.29 is 4.79 Å². The Labute approximate surface area is 118 Å². The van der Waals surface area contributed by atoms with Crippen LogP contribution in [0.2, 0.25) is 5.02 Å². The lowest BCUT2D eigenvalue weighted by Crippen LogP contribution is -2.16. The summed E-state index contributed by atoms with van der Waals surface area (Å²) in [6.45, 7) is 2.01. The molecule has 1 aromatic rings. The third-order valence-electron chi connectivity index (χ3n) is 2.24. The van der Waals surface area contributed by atoms with Crippen LogP contribution in [-0.2, 0) is 11.2 Å². The molecule has 0 heterocycles. The number of ketones is 1. The molecule has 0 bridgehead atoms. The number of Topliss-reactive ketones (excluding diaryl/α,β-unsaturated/α-hetero) is 1. The number of alkyl halides is 1. The van der Waals surface area contributed by atoms with Crippen LogP contribution >= 0.6 is 43.5 Å². The zero-order valence-corrected chi connectivity index (χ0v) is 12.9. The lowest BCUT2D eigenvalue weighted by Gasteiger charge is -2.09. The number of carbonyl (C=O) groups excluding carboxylic acids is 1. The maximum atomic E-state index is 11.6. The number of hydrogen-bond donors (Lipinski definition) is 0. The summed E-state index contributed by atoms with van der Waals surface area (Å²) >= 11 is 12.7. The summed E-state index contributed by atoms with van der Waals surface area (Å²) < 4.78 is 0.870. The highest BCUT2D eigenvalue weighted by atomic mass is 79.9. The zero-order valence-electron chi connectivity index (χ0n) is 8.97. The highest BCUT2D eigenvalue weighted by molar-refractivity contribution is 9.10. The van der Waals surface area contributed by atoms with Gasteiger partial charge in [0.05, 0.1) is 9.85 Å². The van der Waals surface area contributed by atoms with Crippen molar-refractivity contribution in [3.63, 3.8) is 0 Å². The normalized spacial score (nSPS) is 12.5. The first-order valence-electron chi connectivity index (χ1n) is 5.15. The lowest BCUT2D eigenvalue weighted by atomic mass is 10.1. The Bertz CT molecular complexity index is 379. The molecule has 1 rings (SSSR count). The second kappa shape index (κ2) is 6.77. The molecule has 1 atom stereocenters. The van der Waals surface area contributed by atoms with Gasteiger partial charge in [-0.3, -0.25) is 4.79 Å². The van der Waals surface area contributed by atoms with Crippen LogP contribution in [0.4, 0.5) is 0 Å². The molecule has 0 N–H and O–H groups in total. The molecule has 0 fully saturated rings. The summed E-state index contributed by atoms with van der Waals surface area (Å²) in [6.07, 6.45) is 2.23. The van der Waals surface area contributed by atoms with E-state index in [2.05, 4.69) is 31.9 Å². The van der Waals surface area contributed by atoms with Gasteiger partial charge in [0.15, 0.2) is 0 Å². The Morgan fingerprint density at radius 3 is 2.75 bits per heavy atom. The average Bonchev–Trinajstić information content (AvgIpc) is 2.24. The van der Waals surface area contributed by atoms with Crippen molar-refractivity contribution in [3.8, 4) is 0 Å². The number of hydrogen-bond acceptors (Lipinski definition) is 1. The zero-order chi connectivity index (χ0) is 12.1. The van der Waals surface area contributed by atoms with Crippen molar-refractivity contribution in [1.82, 2.24) is 0 Å². The van der Waals surface area contributed by atoms with Gasteiger partial charge in [0.2, 0.25) is 0 Å². The maximum Gasteiger partial charge on any atom is 0.146 e. The third kappa shape index (κ3) is 4.19. The van der Waals surface area contributed by atoms with Gasteiger partial charge in [-0.15, -0.1) is 0 Å². The second-order valence-corrected chi connectivity index (χ2v) is 6.00. The Morgan fingerprint density at radius 2 is 2.19 bits per heavy atom. The molecule has 0 aliphatic rings. The van der Waals surface area contributed by atoms with Crippen molar-refractivity contribution >= 4 is 49.2 Å². The topological polar surface area (TPSA) is 17.1 Å². The minimum absolute atomic E-state index is 0.0967. The van der Waals surface area contributed by atoms with Gasteiger partial charge in [-0.2, -0.15) is 0 Å². The molecule has 0 aliphatic carbocycles. The fourth-order valence-electron chi connectivity index (χ4n) is 1.39. The van der Waals surface area contributed by atoms with Gasteiger partial charge in [0.1, 0.15) is 5.78 Å². The van der Waals surface area contributed by atoms with Gasteiger partial charge in [-0.1, -0.05) is 40.5 Å². The summed E-state index contributed by atoms with van der Waals surface area (Å²) in [7, 11) is 0. The van der Waals surface area contributed by atoms with E-state index in [1.807, 2.05) is 25.1 Å². The predicted octanol–water partition coefficient (Wildman–Crippen LogP) is 4.78. The van der Waals surface area contributed by atoms with Gasteiger partial charge in [-0.05, 0) is 46.5 Å². The monoisotopic (exact) mass is 366 g/mol. The van der Waals surface area contributed by atoms with Gasteiger partial charge >= 0.3 is 0 Å². The molecule has 0 saturated heterocycles. The van der Waals surface area contributed by atoms with Crippen LogP contribution in [0.1, 0.15) is 25.3 Å². The fraction of sp³-hybridized carbons (Fsp3) is 0.417. The van der Waals surface area contributed by atoms with Crippen molar-refractivity contribution in [2.75, 3.05) is 0 Å². The number of halogens is 3. The van der Waals surface area contributed by atoms with Gasteiger partial charge in [0.25, 0.3) is 0 Å². The van der Waals surface area contributed by atoms with Crippen LogP contribution in [0.5, 0.6) is 0 Å². The Hall–Kier alpha value is 0.140. The first kappa shape index (κ1) is 14.2. The van der Waals surface area contributed by atoms with Gasteiger partial charge < -0.3 is 0 Å². The van der Waals surface area contributed by atoms with Crippen molar-refractivity contribution in [2.45, 2.75) is 31.0 Å². The van der Waals surface area contributed by atoms with Crippen LogP contribution in [0.3, 0.4) is 0 Å². The molecule has 0 aromatic heterocycles. The smallest absolute Gasteiger partial charge is 0.146 e. The Balaban J connectivity index is 2.66. The van der Waals surface area contributed by atoms with Crippen molar-refractivity contribution in [3.05, 3.63) is 33.3 Å². The fourth-order valence-corrected chi connectivity index (χ4v) is 2.54. The first-order valence-corrected chi connectivity index (χ1v) is 7.24. The van der Waals surface area contributed by atoms with E-state index in [1.165, 1.54) is 0 Å². The quantitative estimate of drug-likeness (QED) is 0.684. The molecule has 4 heteroatoms. The van der Waals surface area contributed by atoms with E-state index < -0.39 is 0 Å². The van der Waals surface area contributed by atoms with E-state index in [4.69, 9.17) is 11.6 Å². The molecule has 0 radical (unpaired) electrons. The summed E-state index contributed by atoms with van der Waals surface area (Å²) in [5.41, 5.74) is 1.10. The highest BCUT2D eigenvalue weighted by Crippen LogP contribution is 2.24. The van der Waals surface area contributed by atoms with E-state index in [0.717, 1.165) is 16.5 Å². The number of rotatable bonds is 5. The molecule has 0 spiro atoms. The van der Waals surface area contributed by atoms with Crippen LogP contribution in [0.25, 0.3) is 0 Å². The molecule has 0 amide bonds. The summed E-state index contributed by atoms with van der Waals surface area (Å²) in [5.74, 6) is 0.258. The minimum atomic E-state index is -0.0967. The van der Waals surface area contributed by atoms with E-state index >= 15 is 0 Å². The lowest BCUT2D eigenvalue weighted by molar-refractivity contribution is -0.118. The molecule has 0 aliphatic heterocycles. The molecule has 1 aromatic carbocycles.